The Hall–Kier alpha value is -4.04. The fourth-order valence-corrected chi connectivity index (χ4v) is 4.99. The summed E-state index contributed by atoms with van der Waals surface area (Å²) in [5.74, 6) is -0.0388. The third kappa shape index (κ3) is 3.30. The number of hydrogen-bond donors (Lipinski definition) is 1. The zero-order valence-electron chi connectivity index (χ0n) is 17.2. The molecule has 32 heavy (non-hydrogen) atoms. The second-order valence-corrected chi connectivity index (χ2v) is 9.27. The van der Waals surface area contributed by atoms with E-state index < -0.39 is 9.84 Å². The molecule has 0 amide bonds. The van der Waals surface area contributed by atoms with Crippen molar-refractivity contribution in [3.63, 3.8) is 0 Å². The number of benzene rings is 3. The Kier molecular flexibility index (Phi) is 4.71. The summed E-state index contributed by atoms with van der Waals surface area (Å²) in [6.07, 6.45) is 1.61. The van der Waals surface area contributed by atoms with Crippen molar-refractivity contribution in [3.8, 4) is 0 Å². The van der Waals surface area contributed by atoms with Crippen LogP contribution in [0.3, 0.4) is 0 Å². The van der Waals surface area contributed by atoms with Gasteiger partial charge in [-0.1, -0.05) is 60.2 Å². The molecule has 5 rings (SSSR count). The number of aromatic nitrogens is 3. The predicted octanol–water partition coefficient (Wildman–Crippen LogP) is 4.19. The van der Waals surface area contributed by atoms with Gasteiger partial charge in [-0.2, -0.15) is 9.78 Å². The van der Waals surface area contributed by atoms with Gasteiger partial charge in [0.15, 0.2) is 5.65 Å². The van der Waals surface area contributed by atoms with E-state index in [1.165, 1.54) is 4.68 Å². The van der Waals surface area contributed by atoms with Gasteiger partial charge in [0.2, 0.25) is 9.84 Å². The molecule has 0 radical (unpaired) electrons. The molecule has 0 atom stereocenters. The molecule has 0 fully saturated rings. The number of rotatable bonds is 4. The summed E-state index contributed by atoms with van der Waals surface area (Å²) >= 11 is 0. The molecule has 158 valence electrons. The predicted molar refractivity (Wildman–Crippen MR) is 126 cm³/mol. The Labute approximate surface area is 184 Å². The molecule has 0 saturated carbocycles. The van der Waals surface area contributed by atoms with Gasteiger partial charge >= 0.3 is 0 Å². The first-order chi connectivity index (χ1) is 15.4. The van der Waals surface area contributed by atoms with E-state index >= 15 is 0 Å². The van der Waals surface area contributed by atoms with Gasteiger partial charge in [0.1, 0.15) is 16.2 Å². The smallest absolute Gasteiger partial charge is 0.212 e. The van der Waals surface area contributed by atoms with E-state index in [1.54, 1.807) is 36.5 Å². The summed E-state index contributed by atoms with van der Waals surface area (Å²) in [5, 5.41) is 4.45. The topological polar surface area (TPSA) is 103 Å². The number of sulfone groups is 1. The summed E-state index contributed by atoms with van der Waals surface area (Å²) < 4.78 is 28.5. The Morgan fingerprint density at radius 1 is 0.875 bits per heavy atom. The second kappa shape index (κ2) is 7.58. The molecule has 8 heteroatoms. The lowest BCUT2D eigenvalue weighted by Crippen LogP contribution is -2.06. The molecule has 0 aliphatic heterocycles. The van der Waals surface area contributed by atoms with Gasteiger partial charge < -0.3 is 5.73 Å². The second-order valence-electron chi connectivity index (χ2n) is 7.38. The van der Waals surface area contributed by atoms with Crippen LogP contribution in [-0.2, 0) is 9.84 Å². The Balaban J connectivity index is 1.81. The van der Waals surface area contributed by atoms with Crippen LogP contribution in [0.25, 0.3) is 22.2 Å². The minimum atomic E-state index is -3.97. The third-order valence-electron chi connectivity index (χ3n) is 5.15. The summed E-state index contributed by atoms with van der Waals surface area (Å²) in [5.41, 5.74) is 9.84. The number of anilines is 1. The maximum absolute atomic E-state index is 13.6. The van der Waals surface area contributed by atoms with Gasteiger partial charge in [-0.3, -0.25) is 0 Å². The van der Waals surface area contributed by atoms with Crippen LogP contribution in [0, 0.1) is 6.92 Å². The fourth-order valence-electron chi connectivity index (χ4n) is 3.50. The summed E-state index contributed by atoms with van der Waals surface area (Å²) in [6.45, 7) is 1.90. The van der Waals surface area contributed by atoms with Crippen molar-refractivity contribution in [1.29, 1.82) is 0 Å². The molecule has 5 aromatic rings. The van der Waals surface area contributed by atoms with Crippen LogP contribution in [-0.4, -0.2) is 29.3 Å². The first-order valence-corrected chi connectivity index (χ1v) is 11.4. The van der Waals surface area contributed by atoms with Gasteiger partial charge in [-0.25, -0.2) is 18.4 Å². The molecule has 7 nitrogen and oxygen atoms in total. The molecule has 2 N–H and O–H groups in total. The zero-order valence-corrected chi connectivity index (χ0v) is 18.0. The summed E-state index contributed by atoms with van der Waals surface area (Å²) in [4.78, 5) is 9.28. The molecule has 2 aromatic heterocycles. The van der Waals surface area contributed by atoms with Gasteiger partial charge in [0.25, 0.3) is 0 Å². The molecule has 0 aliphatic carbocycles. The zero-order chi connectivity index (χ0) is 22.3. The highest BCUT2D eigenvalue weighted by atomic mass is 32.2. The minimum Gasteiger partial charge on any atom is -0.382 e. The van der Waals surface area contributed by atoms with Crippen molar-refractivity contribution in [2.45, 2.75) is 16.7 Å². The largest absolute Gasteiger partial charge is 0.382 e. The number of aryl methyl sites for hydroxylation is 1. The number of para-hydroxylation sites is 2. The van der Waals surface area contributed by atoms with Crippen molar-refractivity contribution < 1.29 is 8.42 Å². The van der Waals surface area contributed by atoms with Gasteiger partial charge in [0, 0.05) is 0 Å². The van der Waals surface area contributed by atoms with Crippen LogP contribution in [0.15, 0.2) is 93.8 Å². The summed E-state index contributed by atoms with van der Waals surface area (Å²) in [7, 11) is -3.97. The number of nitrogens with zero attached hydrogens (tertiary/aromatic N) is 4. The van der Waals surface area contributed by atoms with Crippen molar-refractivity contribution in [2.75, 3.05) is 5.73 Å². The average molecular weight is 442 g/mol. The van der Waals surface area contributed by atoms with Crippen molar-refractivity contribution in [1.82, 2.24) is 14.6 Å². The van der Waals surface area contributed by atoms with Crippen LogP contribution in [0.1, 0.15) is 11.1 Å². The molecule has 0 saturated heterocycles. The van der Waals surface area contributed by atoms with Crippen LogP contribution in [0.5, 0.6) is 0 Å². The molecule has 0 spiro atoms. The SMILES string of the molecule is Cc1ccc(S(=O)(=O)c2c(N)n(N=Cc3ccccc3)c3nc4ccccc4nc23)cc1. The molecule has 0 unspecified atom stereocenters. The first kappa shape index (κ1) is 19.9. The first-order valence-electron chi connectivity index (χ1n) is 9.93. The highest BCUT2D eigenvalue weighted by Gasteiger charge is 2.30. The van der Waals surface area contributed by atoms with Gasteiger partial charge in [0.05, 0.1) is 22.1 Å². The van der Waals surface area contributed by atoms with E-state index in [-0.39, 0.29) is 26.8 Å². The maximum Gasteiger partial charge on any atom is 0.212 e. The Morgan fingerprint density at radius 2 is 1.50 bits per heavy atom. The molecule has 3 aromatic carbocycles. The van der Waals surface area contributed by atoms with Crippen molar-refractivity contribution in [2.24, 2.45) is 5.10 Å². The lowest BCUT2D eigenvalue weighted by Gasteiger charge is -2.05. The fraction of sp³-hybridized carbons (Fsp3) is 0.0417. The third-order valence-corrected chi connectivity index (χ3v) is 6.98. The van der Waals surface area contributed by atoms with E-state index in [1.807, 2.05) is 55.5 Å². The van der Waals surface area contributed by atoms with E-state index in [4.69, 9.17) is 5.73 Å². The number of fused-ring (bicyclic) bond motifs is 2. The van der Waals surface area contributed by atoms with Crippen LogP contribution in [0.4, 0.5) is 5.82 Å². The Bertz CT molecular complexity index is 1590. The van der Waals surface area contributed by atoms with Crippen LogP contribution >= 0.6 is 0 Å². The maximum atomic E-state index is 13.6. The number of hydrogen-bond acceptors (Lipinski definition) is 6. The highest BCUT2D eigenvalue weighted by molar-refractivity contribution is 7.92. The van der Waals surface area contributed by atoms with E-state index in [9.17, 15) is 8.42 Å². The molecular weight excluding hydrogens is 422 g/mol. The van der Waals surface area contributed by atoms with E-state index in [2.05, 4.69) is 15.1 Å². The van der Waals surface area contributed by atoms with Crippen LogP contribution < -0.4 is 5.73 Å². The molecule has 0 bridgehead atoms. The molecule has 0 aliphatic rings. The monoisotopic (exact) mass is 441 g/mol. The average Bonchev–Trinajstić information content (AvgIpc) is 3.07. The van der Waals surface area contributed by atoms with Gasteiger partial charge in [-0.15, -0.1) is 0 Å². The lowest BCUT2D eigenvalue weighted by molar-refractivity contribution is 0.597. The molecule has 2 heterocycles. The van der Waals surface area contributed by atoms with Crippen molar-refractivity contribution in [3.05, 3.63) is 90.0 Å². The van der Waals surface area contributed by atoms with E-state index in [0.29, 0.717) is 11.0 Å². The highest BCUT2D eigenvalue weighted by Crippen LogP contribution is 2.35. The lowest BCUT2D eigenvalue weighted by atomic mass is 10.2. The van der Waals surface area contributed by atoms with Gasteiger partial charge in [-0.05, 0) is 36.8 Å². The van der Waals surface area contributed by atoms with Crippen LogP contribution in [0.2, 0.25) is 0 Å². The number of nitrogens with two attached hydrogens (primary N) is 1. The minimum absolute atomic E-state index is 0.0388. The summed E-state index contributed by atoms with van der Waals surface area (Å²) in [6, 6.07) is 23.3. The quantitative estimate of drug-likeness (QED) is 0.421. The standard InChI is InChI=1S/C24H19N5O2S/c1-16-11-13-18(14-12-16)32(30,31)22-21-24(28-20-10-6-5-9-19(20)27-21)29(23(22)25)26-15-17-7-3-2-4-8-17/h2-15H,25H2,1H3. The number of nitrogen functional groups attached to an aromatic ring is 1. The van der Waals surface area contributed by atoms with E-state index in [0.717, 1.165) is 11.1 Å². The molecular formula is C24H19N5O2S. The Morgan fingerprint density at radius 3 is 2.19 bits per heavy atom. The van der Waals surface area contributed by atoms with Crippen molar-refractivity contribution >= 4 is 44.1 Å². The normalized spacial score (nSPS) is 12.2.